The first-order valence-corrected chi connectivity index (χ1v) is 10.6. The highest BCUT2D eigenvalue weighted by molar-refractivity contribution is 6.30. The van der Waals surface area contributed by atoms with Crippen LogP contribution in [0.15, 0.2) is 48.5 Å². The van der Waals surface area contributed by atoms with Gasteiger partial charge in [0.05, 0.1) is 13.2 Å². The van der Waals surface area contributed by atoms with E-state index in [0.717, 1.165) is 11.3 Å². The van der Waals surface area contributed by atoms with Gasteiger partial charge in [0.25, 0.3) is 5.91 Å². The fourth-order valence-corrected chi connectivity index (χ4v) is 3.71. The highest BCUT2D eigenvalue weighted by atomic mass is 35.5. The molecule has 0 spiro atoms. The molecule has 1 heterocycles. The first-order chi connectivity index (χ1) is 14.5. The molecule has 1 atom stereocenters. The van der Waals surface area contributed by atoms with Crippen LogP contribution in [0.1, 0.15) is 35.8 Å². The van der Waals surface area contributed by atoms with E-state index in [1.54, 1.807) is 31.2 Å². The number of halogens is 1. The van der Waals surface area contributed by atoms with Crippen molar-refractivity contribution in [2.75, 3.05) is 39.4 Å². The van der Waals surface area contributed by atoms with Crippen molar-refractivity contribution in [3.8, 4) is 5.75 Å². The minimum Gasteiger partial charge on any atom is -0.494 e. The predicted molar refractivity (Wildman–Crippen MR) is 116 cm³/mol. The molecule has 0 saturated carbocycles. The number of rotatable bonds is 7. The van der Waals surface area contributed by atoms with Crippen molar-refractivity contribution >= 4 is 23.5 Å². The molecule has 2 aromatic rings. The van der Waals surface area contributed by atoms with Crippen LogP contribution in [0.2, 0.25) is 5.02 Å². The normalized spacial score (nSPS) is 15.5. The van der Waals surface area contributed by atoms with Crippen LogP contribution in [0.25, 0.3) is 0 Å². The Kier molecular flexibility index (Phi) is 7.71. The maximum Gasteiger partial charge on any atom is 0.328 e. The Bertz CT molecular complexity index is 847. The molecule has 1 aliphatic rings. The van der Waals surface area contributed by atoms with Gasteiger partial charge in [-0.15, -0.1) is 0 Å². The van der Waals surface area contributed by atoms with Crippen molar-refractivity contribution in [2.24, 2.45) is 0 Å². The second-order valence-electron chi connectivity index (χ2n) is 6.99. The zero-order chi connectivity index (χ0) is 21.5. The van der Waals surface area contributed by atoms with Gasteiger partial charge in [-0.05, 0) is 55.8 Å². The molecule has 2 aromatic carbocycles. The summed E-state index contributed by atoms with van der Waals surface area (Å²) in [6.07, 6.45) is 0. The Morgan fingerprint density at radius 1 is 0.933 bits per heavy atom. The van der Waals surface area contributed by atoms with E-state index < -0.39 is 6.04 Å². The molecule has 0 N–H and O–H groups in total. The summed E-state index contributed by atoms with van der Waals surface area (Å²) in [5, 5.41) is 0.618. The first kappa shape index (κ1) is 22.1. The van der Waals surface area contributed by atoms with Gasteiger partial charge in [-0.2, -0.15) is 0 Å². The molecular weight excluding hydrogens is 404 g/mol. The van der Waals surface area contributed by atoms with E-state index in [0.29, 0.717) is 50.0 Å². The standard InChI is InChI=1S/C23H27ClN2O4/c1-3-29-20-11-7-18(8-12-20)22(27)26-15-13-25(14-16-26)21(23(28)30-4-2)17-5-9-19(24)10-6-17/h5-12,21H,3-4,13-16H2,1-2H3/t21-/m1/s1. The number of hydrogen-bond acceptors (Lipinski definition) is 5. The molecule has 30 heavy (non-hydrogen) atoms. The summed E-state index contributed by atoms with van der Waals surface area (Å²) in [6, 6.07) is 13.9. The molecule has 3 rings (SSSR count). The van der Waals surface area contributed by atoms with Gasteiger partial charge in [-0.1, -0.05) is 23.7 Å². The third-order valence-electron chi connectivity index (χ3n) is 5.07. The van der Waals surface area contributed by atoms with Crippen LogP contribution in [0.5, 0.6) is 5.75 Å². The number of esters is 1. The van der Waals surface area contributed by atoms with Gasteiger partial charge in [0.15, 0.2) is 0 Å². The quantitative estimate of drug-likeness (QED) is 0.625. The lowest BCUT2D eigenvalue weighted by Crippen LogP contribution is -2.51. The number of piperazine rings is 1. The molecule has 0 bridgehead atoms. The summed E-state index contributed by atoms with van der Waals surface area (Å²) in [5.74, 6) is 0.446. The Morgan fingerprint density at radius 3 is 2.13 bits per heavy atom. The van der Waals surface area contributed by atoms with Gasteiger partial charge in [0, 0.05) is 36.8 Å². The van der Waals surface area contributed by atoms with E-state index in [2.05, 4.69) is 4.90 Å². The van der Waals surface area contributed by atoms with Gasteiger partial charge < -0.3 is 14.4 Å². The zero-order valence-corrected chi connectivity index (χ0v) is 18.1. The molecule has 1 amide bonds. The second kappa shape index (κ2) is 10.5. The summed E-state index contributed by atoms with van der Waals surface area (Å²) in [4.78, 5) is 29.4. The van der Waals surface area contributed by atoms with Gasteiger partial charge in [0.2, 0.25) is 0 Å². The number of nitrogens with zero attached hydrogens (tertiary/aromatic N) is 2. The topological polar surface area (TPSA) is 59.1 Å². The van der Waals surface area contributed by atoms with Crippen LogP contribution in [-0.2, 0) is 9.53 Å². The molecule has 0 radical (unpaired) electrons. The van der Waals surface area contributed by atoms with E-state index in [4.69, 9.17) is 21.1 Å². The van der Waals surface area contributed by atoms with Crippen molar-refractivity contribution in [1.82, 2.24) is 9.80 Å². The number of ether oxygens (including phenoxy) is 2. The van der Waals surface area contributed by atoms with Crippen molar-refractivity contribution in [2.45, 2.75) is 19.9 Å². The van der Waals surface area contributed by atoms with Crippen molar-refractivity contribution in [3.05, 3.63) is 64.7 Å². The van der Waals surface area contributed by atoms with Gasteiger partial charge in [0.1, 0.15) is 11.8 Å². The molecular formula is C23H27ClN2O4. The smallest absolute Gasteiger partial charge is 0.328 e. The van der Waals surface area contributed by atoms with Crippen LogP contribution < -0.4 is 4.74 Å². The van der Waals surface area contributed by atoms with E-state index in [1.807, 2.05) is 36.1 Å². The van der Waals surface area contributed by atoms with Crippen LogP contribution in [0.4, 0.5) is 0 Å². The van der Waals surface area contributed by atoms with Crippen molar-refractivity contribution in [1.29, 1.82) is 0 Å². The number of benzene rings is 2. The average molecular weight is 431 g/mol. The van der Waals surface area contributed by atoms with Crippen LogP contribution in [-0.4, -0.2) is 61.1 Å². The van der Waals surface area contributed by atoms with E-state index >= 15 is 0 Å². The van der Waals surface area contributed by atoms with Gasteiger partial charge in [-0.25, -0.2) is 4.79 Å². The largest absolute Gasteiger partial charge is 0.494 e. The van der Waals surface area contributed by atoms with Gasteiger partial charge in [-0.3, -0.25) is 9.69 Å². The summed E-state index contributed by atoms with van der Waals surface area (Å²) in [6.45, 7) is 6.86. The molecule has 7 heteroatoms. The number of carbonyl (C=O) groups excluding carboxylic acids is 2. The third-order valence-corrected chi connectivity index (χ3v) is 5.33. The summed E-state index contributed by atoms with van der Waals surface area (Å²) < 4.78 is 10.7. The lowest BCUT2D eigenvalue weighted by Gasteiger charge is -2.38. The maximum atomic E-state index is 12.8. The van der Waals surface area contributed by atoms with Crippen LogP contribution >= 0.6 is 11.6 Å². The van der Waals surface area contributed by atoms with Crippen molar-refractivity contribution < 1.29 is 19.1 Å². The molecule has 1 aliphatic heterocycles. The Balaban J connectivity index is 1.67. The van der Waals surface area contributed by atoms with E-state index in [9.17, 15) is 9.59 Å². The fourth-order valence-electron chi connectivity index (χ4n) is 3.59. The Morgan fingerprint density at radius 2 is 1.57 bits per heavy atom. The molecule has 6 nitrogen and oxygen atoms in total. The molecule has 1 fully saturated rings. The zero-order valence-electron chi connectivity index (χ0n) is 17.3. The fraction of sp³-hybridized carbons (Fsp3) is 0.391. The summed E-state index contributed by atoms with van der Waals surface area (Å²) in [5.41, 5.74) is 1.47. The average Bonchev–Trinajstić information content (AvgIpc) is 2.76. The maximum absolute atomic E-state index is 12.8. The van der Waals surface area contributed by atoms with E-state index in [1.165, 1.54) is 0 Å². The molecule has 0 aromatic heterocycles. The Labute approximate surface area is 182 Å². The highest BCUT2D eigenvalue weighted by Gasteiger charge is 2.32. The highest BCUT2D eigenvalue weighted by Crippen LogP contribution is 2.26. The molecule has 160 valence electrons. The number of carbonyl (C=O) groups is 2. The van der Waals surface area contributed by atoms with E-state index in [-0.39, 0.29) is 11.9 Å². The first-order valence-electron chi connectivity index (χ1n) is 10.2. The molecule has 0 aliphatic carbocycles. The Hall–Kier alpha value is -2.57. The SMILES string of the molecule is CCOC(=O)[C@@H](c1ccc(Cl)cc1)N1CCN(C(=O)c2ccc(OCC)cc2)CC1. The number of hydrogen-bond donors (Lipinski definition) is 0. The summed E-state index contributed by atoms with van der Waals surface area (Å²) >= 11 is 6.00. The third kappa shape index (κ3) is 5.32. The number of amides is 1. The van der Waals surface area contributed by atoms with Crippen LogP contribution in [0, 0.1) is 0 Å². The van der Waals surface area contributed by atoms with Crippen molar-refractivity contribution in [3.63, 3.8) is 0 Å². The molecule has 0 unspecified atom stereocenters. The monoisotopic (exact) mass is 430 g/mol. The minimum atomic E-state index is -0.509. The van der Waals surface area contributed by atoms with Gasteiger partial charge >= 0.3 is 5.97 Å². The van der Waals surface area contributed by atoms with Crippen LogP contribution in [0.3, 0.4) is 0 Å². The minimum absolute atomic E-state index is 0.0168. The summed E-state index contributed by atoms with van der Waals surface area (Å²) in [7, 11) is 0. The predicted octanol–water partition coefficient (Wildman–Crippen LogP) is 3.80. The molecule has 1 saturated heterocycles. The second-order valence-corrected chi connectivity index (χ2v) is 7.43. The lowest BCUT2D eigenvalue weighted by molar-refractivity contribution is -0.150. The lowest BCUT2D eigenvalue weighted by atomic mass is 10.0.